The van der Waals surface area contributed by atoms with E-state index in [0.29, 0.717) is 6.42 Å². The number of nitrogens with one attached hydrogen (secondary N) is 1. The SMILES string of the molecule is CN1C(=O)Cc2cc(-c3cnc(C4(N)CC4)[nH]3)ccc21. The zero-order valence-corrected chi connectivity index (χ0v) is 11.3. The highest BCUT2D eigenvalue weighted by Gasteiger charge is 2.42. The standard InChI is InChI=1S/C15H16N4O/c1-19-12-3-2-9(6-10(12)7-13(19)20)11-8-17-14(18-11)15(16)4-5-15/h2-3,6,8H,4-5,7,16H2,1H3,(H,17,18). The molecule has 2 aliphatic rings. The van der Waals surface area contributed by atoms with Gasteiger partial charge in [-0.15, -0.1) is 0 Å². The van der Waals surface area contributed by atoms with Crippen LogP contribution in [0.1, 0.15) is 24.2 Å². The highest BCUT2D eigenvalue weighted by molar-refractivity contribution is 6.01. The summed E-state index contributed by atoms with van der Waals surface area (Å²) < 4.78 is 0. The summed E-state index contributed by atoms with van der Waals surface area (Å²) in [7, 11) is 1.81. The summed E-state index contributed by atoms with van der Waals surface area (Å²) in [5.41, 5.74) is 9.97. The first-order valence-corrected chi connectivity index (χ1v) is 6.81. The van der Waals surface area contributed by atoms with Crippen LogP contribution in [0.4, 0.5) is 5.69 Å². The summed E-state index contributed by atoms with van der Waals surface area (Å²) in [6.07, 6.45) is 4.28. The second-order valence-electron chi connectivity index (χ2n) is 5.77. The highest BCUT2D eigenvalue weighted by atomic mass is 16.2. The fraction of sp³-hybridized carbons (Fsp3) is 0.333. The van der Waals surface area contributed by atoms with Crippen LogP contribution in [0.5, 0.6) is 0 Å². The lowest BCUT2D eigenvalue weighted by Gasteiger charge is -2.10. The van der Waals surface area contributed by atoms with E-state index in [-0.39, 0.29) is 11.4 Å². The topological polar surface area (TPSA) is 75.0 Å². The highest BCUT2D eigenvalue weighted by Crippen LogP contribution is 2.41. The lowest BCUT2D eigenvalue weighted by Crippen LogP contribution is -2.20. The zero-order chi connectivity index (χ0) is 13.9. The van der Waals surface area contributed by atoms with Crippen LogP contribution < -0.4 is 10.6 Å². The number of aromatic nitrogens is 2. The first-order valence-electron chi connectivity index (χ1n) is 6.81. The molecule has 1 aromatic heterocycles. The maximum Gasteiger partial charge on any atom is 0.231 e. The van der Waals surface area contributed by atoms with Crippen molar-refractivity contribution in [1.29, 1.82) is 0 Å². The zero-order valence-electron chi connectivity index (χ0n) is 11.3. The van der Waals surface area contributed by atoms with Crippen molar-refractivity contribution in [1.82, 2.24) is 9.97 Å². The fourth-order valence-electron chi connectivity index (χ4n) is 2.73. The van der Waals surface area contributed by atoms with Crippen molar-refractivity contribution in [3.8, 4) is 11.3 Å². The van der Waals surface area contributed by atoms with Gasteiger partial charge in [-0.3, -0.25) is 4.79 Å². The Bertz CT molecular complexity index is 714. The average molecular weight is 268 g/mol. The van der Waals surface area contributed by atoms with Gasteiger partial charge < -0.3 is 15.6 Å². The third-order valence-corrected chi connectivity index (χ3v) is 4.30. The Kier molecular flexibility index (Phi) is 2.16. The van der Waals surface area contributed by atoms with E-state index in [4.69, 9.17) is 5.73 Å². The fourth-order valence-corrected chi connectivity index (χ4v) is 2.73. The van der Waals surface area contributed by atoms with Gasteiger partial charge in [0.05, 0.1) is 23.9 Å². The Hall–Kier alpha value is -2.14. The number of aromatic amines is 1. The van der Waals surface area contributed by atoms with E-state index in [0.717, 1.165) is 41.2 Å². The van der Waals surface area contributed by atoms with Crippen LogP contribution in [0.2, 0.25) is 0 Å². The number of anilines is 1. The Morgan fingerprint density at radius 2 is 2.20 bits per heavy atom. The molecule has 1 aliphatic carbocycles. The van der Waals surface area contributed by atoms with Gasteiger partial charge in [-0.25, -0.2) is 4.98 Å². The molecule has 0 radical (unpaired) electrons. The van der Waals surface area contributed by atoms with Crippen LogP contribution in [-0.4, -0.2) is 22.9 Å². The maximum atomic E-state index is 11.7. The summed E-state index contributed by atoms with van der Waals surface area (Å²) in [5.74, 6) is 1.00. The van der Waals surface area contributed by atoms with Gasteiger partial charge in [0.1, 0.15) is 5.82 Å². The molecule has 1 aromatic carbocycles. The smallest absolute Gasteiger partial charge is 0.231 e. The van der Waals surface area contributed by atoms with E-state index in [1.165, 1.54) is 0 Å². The molecule has 1 fully saturated rings. The minimum Gasteiger partial charge on any atom is -0.340 e. The monoisotopic (exact) mass is 268 g/mol. The maximum absolute atomic E-state index is 11.7. The Morgan fingerprint density at radius 3 is 2.95 bits per heavy atom. The molecule has 2 aromatic rings. The van der Waals surface area contributed by atoms with E-state index >= 15 is 0 Å². The van der Waals surface area contributed by atoms with Crippen molar-refractivity contribution >= 4 is 11.6 Å². The lowest BCUT2D eigenvalue weighted by atomic mass is 10.1. The van der Waals surface area contributed by atoms with Crippen molar-refractivity contribution in [3.63, 3.8) is 0 Å². The van der Waals surface area contributed by atoms with Gasteiger partial charge in [-0.1, -0.05) is 6.07 Å². The number of H-pyrrole nitrogens is 1. The molecule has 1 aliphatic heterocycles. The number of rotatable bonds is 2. The first kappa shape index (κ1) is 11.7. The number of hydrogen-bond acceptors (Lipinski definition) is 3. The molecule has 0 atom stereocenters. The lowest BCUT2D eigenvalue weighted by molar-refractivity contribution is -0.117. The number of fused-ring (bicyclic) bond motifs is 1. The van der Waals surface area contributed by atoms with Crippen molar-refractivity contribution in [2.45, 2.75) is 24.8 Å². The van der Waals surface area contributed by atoms with E-state index in [9.17, 15) is 4.79 Å². The van der Waals surface area contributed by atoms with E-state index in [1.54, 1.807) is 4.90 Å². The molecule has 0 unspecified atom stereocenters. The number of carbonyl (C=O) groups is 1. The molecule has 2 heterocycles. The minimum absolute atomic E-state index is 0.140. The second kappa shape index (κ2) is 3.70. The molecule has 20 heavy (non-hydrogen) atoms. The van der Waals surface area contributed by atoms with Crippen molar-refractivity contribution in [2.24, 2.45) is 5.73 Å². The van der Waals surface area contributed by atoms with Crippen molar-refractivity contribution in [3.05, 3.63) is 35.8 Å². The predicted molar refractivity (Wildman–Crippen MR) is 76.2 cm³/mol. The van der Waals surface area contributed by atoms with E-state index in [2.05, 4.69) is 16.0 Å². The molecular weight excluding hydrogens is 252 g/mol. The van der Waals surface area contributed by atoms with Crippen LogP contribution in [0, 0.1) is 0 Å². The summed E-state index contributed by atoms with van der Waals surface area (Å²) in [5, 5.41) is 0. The van der Waals surface area contributed by atoms with Crippen molar-refractivity contribution in [2.75, 3.05) is 11.9 Å². The molecule has 5 nitrogen and oxygen atoms in total. The van der Waals surface area contributed by atoms with Crippen LogP contribution in [0.3, 0.4) is 0 Å². The second-order valence-corrected chi connectivity index (χ2v) is 5.77. The third kappa shape index (κ3) is 1.59. The number of benzene rings is 1. The number of hydrogen-bond donors (Lipinski definition) is 2. The van der Waals surface area contributed by atoms with Crippen LogP contribution in [0.25, 0.3) is 11.3 Å². The molecule has 1 amide bonds. The normalized spacial score (nSPS) is 19.3. The molecule has 4 rings (SSSR count). The molecule has 1 saturated carbocycles. The molecule has 3 N–H and O–H groups in total. The number of amides is 1. The van der Waals surface area contributed by atoms with Crippen molar-refractivity contribution < 1.29 is 4.79 Å². The molecular formula is C15H16N4O. The molecule has 0 saturated heterocycles. The Labute approximate surface area is 116 Å². The average Bonchev–Trinajstić information content (AvgIpc) is 2.89. The van der Waals surface area contributed by atoms with Gasteiger partial charge >= 0.3 is 0 Å². The quantitative estimate of drug-likeness (QED) is 0.867. The first-order chi connectivity index (χ1) is 9.57. The van der Waals surface area contributed by atoms with Crippen LogP contribution >= 0.6 is 0 Å². The van der Waals surface area contributed by atoms with Gasteiger partial charge in [0.25, 0.3) is 0 Å². The summed E-state index contributed by atoms with van der Waals surface area (Å²) in [6.45, 7) is 0. The predicted octanol–water partition coefficient (Wildman–Crippen LogP) is 1.54. The number of likely N-dealkylation sites (N-methyl/N-ethyl adjacent to an activating group) is 1. The molecule has 0 spiro atoms. The summed E-state index contributed by atoms with van der Waals surface area (Å²) >= 11 is 0. The number of nitrogens with two attached hydrogens (primary N) is 1. The Morgan fingerprint density at radius 1 is 1.40 bits per heavy atom. The van der Waals surface area contributed by atoms with Gasteiger partial charge in [-0.2, -0.15) is 0 Å². The van der Waals surface area contributed by atoms with Gasteiger partial charge in [0, 0.05) is 12.7 Å². The van der Waals surface area contributed by atoms with Gasteiger partial charge in [0.2, 0.25) is 5.91 Å². The summed E-state index contributed by atoms with van der Waals surface area (Å²) in [6, 6.07) is 6.07. The Balaban J connectivity index is 1.72. The van der Waals surface area contributed by atoms with E-state index in [1.807, 2.05) is 25.4 Å². The number of nitrogens with zero attached hydrogens (tertiary/aromatic N) is 2. The largest absolute Gasteiger partial charge is 0.340 e. The van der Waals surface area contributed by atoms with Crippen LogP contribution in [0.15, 0.2) is 24.4 Å². The molecule has 0 bridgehead atoms. The molecule has 102 valence electrons. The van der Waals surface area contributed by atoms with E-state index < -0.39 is 0 Å². The number of carbonyl (C=O) groups excluding carboxylic acids is 1. The van der Waals surface area contributed by atoms with Gasteiger partial charge in [-0.05, 0) is 36.1 Å². The molecule has 5 heteroatoms. The van der Waals surface area contributed by atoms with Crippen LogP contribution in [-0.2, 0) is 16.8 Å². The third-order valence-electron chi connectivity index (χ3n) is 4.30. The number of imidazole rings is 1. The summed E-state index contributed by atoms with van der Waals surface area (Å²) in [4.78, 5) is 21.1. The van der Waals surface area contributed by atoms with Gasteiger partial charge in [0.15, 0.2) is 0 Å². The minimum atomic E-state index is -0.245.